The molecule has 0 saturated heterocycles. The maximum atomic E-state index is 13.1. The third-order valence-corrected chi connectivity index (χ3v) is 3.61. The zero-order valence-corrected chi connectivity index (χ0v) is 12.7. The van der Waals surface area contributed by atoms with E-state index in [0.717, 1.165) is 12.1 Å². The molecule has 0 amide bonds. The molecule has 2 aromatic rings. The molecular weight excluding hydrogens is 251 g/mol. The van der Waals surface area contributed by atoms with Crippen LogP contribution in [0.3, 0.4) is 0 Å². The van der Waals surface area contributed by atoms with E-state index in [1.807, 2.05) is 31.4 Å². The van der Waals surface area contributed by atoms with E-state index in [1.165, 1.54) is 17.8 Å². The molecule has 2 nitrogen and oxygen atoms in total. The Morgan fingerprint density at radius 3 is 2.30 bits per heavy atom. The first kappa shape index (κ1) is 14.8. The number of aryl methyl sites for hydroxylation is 1. The maximum Gasteiger partial charge on any atom is 0.123 e. The van der Waals surface area contributed by atoms with Crippen LogP contribution >= 0.6 is 0 Å². The summed E-state index contributed by atoms with van der Waals surface area (Å²) in [4.78, 5) is 0. The second-order valence-electron chi connectivity index (χ2n) is 6.34. The van der Waals surface area contributed by atoms with Crippen molar-refractivity contribution in [3.05, 3.63) is 59.7 Å². The molecule has 2 rings (SSSR count). The molecule has 1 N–H and O–H groups in total. The van der Waals surface area contributed by atoms with Crippen LogP contribution < -0.4 is 5.32 Å². The molecule has 0 aliphatic heterocycles. The van der Waals surface area contributed by atoms with Crippen LogP contribution in [-0.4, -0.2) is 4.57 Å². The number of rotatable bonds is 4. The van der Waals surface area contributed by atoms with Crippen molar-refractivity contribution in [2.75, 3.05) is 0 Å². The van der Waals surface area contributed by atoms with Gasteiger partial charge >= 0.3 is 0 Å². The molecule has 1 atom stereocenters. The van der Waals surface area contributed by atoms with Crippen molar-refractivity contribution in [1.29, 1.82) is 0 Å². The lowest BCUT2D eigenvalue weighted by molar-refractivity contribution is 0.269. The Labute approximate surface area is 120 Å². The minimum atomic E-state index is -0.191. The van der Waals surface area contributed by atoms with E-state index in [4.69, 9.17) is 0 Å². The first-order valence-corrected chi connectivity index (χ1v) is 6.97. The quantitative estimate of drug-likeness (QED) is 0.890. The van der Waals surface area contributed by atoms with Gasteiger partial charge in [0.15, 0.2) is 0 Å². The summed E-state index contributed by atoms with van der Waals surface area (Å²) in [6.07, 6.45) is 2.04. The van der Waals surface area contributed by atoms with E-state index < -0.39 is 0 Å². The molecule has 108 valence electrons. The smallest absolute Gasteiger partial charge is 0.123 e. The normalized spacial score (nSPS) is 13.4. The summed E-state index contributed by atoms with van der Waals surface area (Å²) in [5.74, 6) is -0.191. The van der Waals surface area contributed by atoms with E-state index in [-0.39, 0.29) is 17.3 Å². The third-order valence-electron chi connectivity index (χ3n) is 3.61. The van der Waals surface area contributed by atoms with Gasteiger partial charge in [0.05, 0.1) is 0 Å². The van der Waals surface area contributed by atoms with Crippen LogP contribution in [0.1, 0.15) is 38.1 Å². The van der Waals surface area contributed by atoms with Crippen molar-refractivity contribution in [3.63, 3.8) is 0 Å². The van der Waals surface area contributed by atoms with Gasteiger partial charge in [0.25, 0.3) is 0 Å². The van der Waals surface area contributed by atoms with Crippen molar-refractivity contribution >= 4 is 0 Å². The van der Waals surface area contributed by atoms with Crippen LogP contribution in [0, 0.1) is 11.2 Å². The van der Waals surface area contributed by atoms with Crippen molar-refractivity contribution in [2.24, 2.45) is 12.5 Å². The van der Waals surface area contributed by atoms with Gasteiger partial charge < -0.3 is 9.88 Å². The molecule has 1 heterocycles. The van der Waals surface area contributed by atoms with Crippen molar-refractivity contribution in [1.82, 2.24) is 9.88 Å². The fraction of sp³-hybridized carbons (Fsp3) is 0.412. The van der Waals surface area contributed by atoms with Crippen molar-refractivity contribution in [3.8, 4) is 0 Å². The molecule has 0 aliphatic carbocycles. The summed E-state index contributed by atoms with van der Waals surface area (Å²) in [6, 6.07) is 11.1. The zero-order chi connectivity index (χ0) is 14.8. The highest BCUT2D eigenvalue weighted by atomic mass is 19.1. The highest BCUT2D eigenvalue weighted by Gasteiger charge is 2.25. The lowest BCUT2D eigenvalue weighted by atomic mass is 9.82. The average molecular weight is 274 g/mol. The zero-order valence-electron chi connectivity index (χ0n) is 12.7. The minimum Gasteiger partial charge on any atom is -0.353 e. The van der Waals surface area contributed by atoms with Gasteiger partial charge in [0.1, 0.15) is 5.82 Å². The molecule has 0 spiro atoms. The highest BCUT2D eigenvalue weighted by Crippen LogP contribution is 2.33. The fourth-order valence-corrected chi connectivity index (χ4v) is 2.47. The Morgan fingerprint density at radius 2 is 1.80 bits per heavy atom. The van der Waals surface area contributed by atoms with E-state index >= 15 is 0 Å². The average Bonchev–Trinajstić information content (AvgIpc) is 2.76. The summed E-state index contributed by atoms with van der Waals surface area (Å²) in [5, 5.41) is 3.60. The van der Waals surface area contributed by atoms with E-state index in [2.05, 4.69) is 36.7 Å². The highest BCUT2D eigenvalue weighted by molar-refractivity contribution is 5.22. The van der Waals surface area contributed by atoms with Crippen LogP contribution in [0.4, 0.5) is 4.39 Å². The van der Waals surface area contributed by atoms with Gasteiger partial charge in [-0.1, -0.05) is 32.9 Å². The summed E-state index contributed by atoms with van der Waals surface area (Å²) >= 11 is 0. The van der Waals surface area contributed by atoms with E-state index in [9.17, 15) is 4.39 Å². The SMILES string of the molecule is Cn1cccc1CNC(c1ccc(F)cc1)C(C)(C)C. The van der Waals surface area contributed by atoms with E-state index in [1.54, 1.807) is 0 Å². The Balaban J connectivity index is 2.16. The number of halogens is 1. The first-order chi connectivity index (χ1) is 9.38. The largest absolute Gasteiger partial charge is 0.353 e. The van der Waals surface area contributed by atoms with Crippen LogP contribution in [0.25, 0.3) is 0 Å². The second kappa shape index (κ2) is 5.80. The van der Waals surface area contributed by atoms with Gasteiger partial charge in [-0.25, -0.2) is 4.39 Å². The van der Waals surface area contributed by atoms with Gasteiger partial charge in [0, 0.05) is 31.5 Å². The topological polar surface area (TPSA) is 17.0 Å². The van der Waals surface area contributed by atoms with Crippen molar-refractivity contribution < 1.29 is 4.39 Å². The lowest BCUT2D eigenvalue weighted by Gasteiger charge is -2.32. The number of nitrogens with one attached hydrogen (secondary N) is 1. The minimum absolute atomic E-state index is 0.0585. The Bertz CT molecular complexity index is 549. The Hall–Kier alpha value is -1.61. The number of hydrogen-bond acceptors (Lipinski definition) is 1. The molecule has 0 saturated carbocycles. The summed E-state index contributed by atoms with van der Waals surface area (Å²) < 4.78 is 15.2. The van der Waals surface area contributed by atoms with Crippen LogP contribution in [0.15, 0.2) is 42.6 Å². The maximum absolute atomic E-state index is 13.1. The van der Waals surface area contributed by atoms with Crippen LogP contribution in [-0.2, 0) is 13.6 Å². The number of benzene rings is 1. The standard InChI is InChI=1S/C17H23FN2/c1-17(2,3)16(13-7-9-14(18)10-8-13)19-12-15-6-5-11-20(15)4/h5-11,16,19H,12H2,1-4H3. The predicted molar refractivity (Wildman–Crippen MR) is 80.8 cm³/mol. The van der Waals surface area contributed by atoms with Gasteiger partial charge in [0.2, 0.25) is 0 Å². The molecule has 20 heavy (non-hydrogen) atoms. The van der Waals surface area contributed by atoms with Crippen LogP contribution in [0.5, 0.6) is 0 Å². The lowest BCUT2D eigenvalue weighted by Crippen LogP contribution is -2.32. The Morgan fingerprint density at radius 1 is 1.15 bits per heavy atom. The summed E-state index contributed by atoms with van der Waals surface area (Å²) in [5.41, 5.74) is 2.41. The molecule has 0 radical (unpaired) electrons. The monoisotopic (exact) mass is 274 g/mol. The number of aromatic nitrogens is 1. The Kier molecular flexibility index (Phi) is 4.29. The van der Waals surface area contributed by atoms with Crippen LogP contribution in [0.2, 0.25) is 0 Å². The molecule has 1 aromatic heterocycles. The third kappa shape index (κ3) is 3.48. The molecular formula is C17H23FN2. The van der Waals surface area contributed by atoms with Gasteiger partial charge in [-0.2, -0.15) is 0 Å². The first-order valence-electron chi connectivity index (χ1n) is 6.97. The summed E-state index contributed by atoms with van der Waals surface area (Å²) in [6.45, 7) is 7.37. The molecule has 0 bridgehead atoms. The van der Waals surface area contributed by atoms with Gasteiger partial charge in [-0.05, 0) is 35.2 Å². The fourth-order valence-electron chi connectivity index (χ4n) is 2.47. The van der Waals surface area contributed by atoms with Crippen molar-refractivity contribution in [2.45, 2.75) is 33.4 Å². The molecule has 1 unspecified atom stereocenters. The number of hydrogen-bond donors (Lipinski definition) is 1. The molecule has 0 aliphatic rings. The molecule has 3 heteroatoms. The predicted octanol–water partition coefficient (Wildman–Crippen LogP) is 4.04. The molecule has 1 aromatic carbocycles. The van der Waals surface area contributed by atoms with Gasteiger partial charge in [-0.15, -0.1) is 0 Å². The molecule has 0 fully saturated rings. The summed E-state index contributed by atoms with van der Waals surface area (Å²) in [7, 11) is 2.04. The second-order valence-corrected chi connectivity index (χ2v) is 6.34. The number of nitrogens with zero attached hydrogens (tertiary/aromatic N) is 1. The van der Waals surface area contributed by atoms with Gasteiger partial charge in [-0.3, -0.25) is 0 Å². The van der Waals surface area contributed by atoms with E-state index in [0.29, 0.717) is 0 Å².